The van der Waals surface area contributed by atoms with Crippen molar-refractivity contribution < 1.29 is 26.5 Å². The quantitative estimate of drug-likeness (QED) is 0.869. The van der Waals surface area contributed by atoms with Gasteiger partial charge in [0.05, 0.1) is 10.6 Å². The van der Waals surface area contributed by atoms with Gasteiger partial charge in [0, 0.05) is 16.7 Å². The number of carbonyl (C=O) groups excluding carboxylic acids is 1. The topological polar surface area (TPSA) is 89.3 Å². The molecule has 0 aliphatic rings. The van der Waals surface area contributed by atoms with E-state index in [1.54, 1.807) is 6.92 Å². The van der Waals surface area contributed by atoms with E-state index in [2.05, 4.69) is 9.68 Å². The first-order valence-corrected chi connectivity index (χ1v) is 7.68. The molecule has 1 aromatic heterocycles. The van der Waals surface area contributed by atoms with E-state index in [1.165, 1.54) is 6.07 Å². The lowest BCUT2D eigenvalue weighted by Crippen LogP contribution is -2.14. The maximum absolute atomic E-state index is 13.7. The lowest BCUT2D eigenvalue weighted by atomic mass is 10.2. The van der Waals surface area contributed by atoms with Gasteiger partial charge in [-0.1, -0.05) is 5.16 Å². The van der Waals surface area contributed by atoms with Gasteiger partial charge in [-0.3, -0.25) is 4.79 Å². The number of nitrogens with one attached hydrogen (secondary N) is 1. The molecule has 2 aromatic rings. The molecule has 21 heavy (non-hydrogen) atoms. The van der Waals surface area contributed by atoms with Gasteiger partial charge < -0.3 is 9.84 Å². The van der Waals surface area contributed by atoms with Crippen LogP contribution in [0.2, 0.25) is 0 Å². The maximum atomic E-state index is 13.7. The Morgan fingerprint density at radius 1 is 1.29 bits per heavy atom. The lowest BCUT2D eigenvalue weighted by molar-refractivity contribution is 0.0986. The second kappa shape index (κ2) is 5.41. The molecule has 6 nitrogen and oxygen atoms in total. The van der Waals surface area contributed by atoms with Crippen LogP contribution in [0.15, 0.2) is 27.6 Å². The summed E-state index contributed by atoms with van der Waals surface area (Å²) in [7, 11) is 0.697. The highest BCUT2D eigenvalue weighted by atomic mass is 35.7. The fourth-order valence-corrected chi connectivity index (χ4v) is 2.21. The Kier molecular flexibility index (Phi) is 3.97. The van der Waals surface area contributed by atoms with Crippen molar-refractivity contribution in [3.05, 3.63) is 41.3 Å². The molecule has 0 radical (unpaired) electrons. The number of nitrogens with zero attached hydrogens (tertiary/aromatic N) is 1. The Bertz CT molecular complexity index is 796. The summed E-state index contributed by atoms with van der Waals surface area (Å²) in [5.41, 5.74) is -0.414. The molecule has 112 valence electrons. The molecule has 1 amide bonds. The highest BCUT2D eigenvalue weighted by Crippen LogP contribution is 2.25. The van der Waals surface area contributed by atoms with Gasteiger partial charge in [-0.15, -0.1) is 0 Å². The van der Waals surface area contributed by atoms with Crippen LogP contribution in [-0.2, 0) is 9.05 Å². The second-order valence-electron chi connectivity index (χ2n) is 3.99. The van der Waals surface area contributed by atoms with Gasteiger partial charge in [0.15, 0.2) is 11.6 Å². The zero-order chi connectivity index (χ0) is 15.8. The molecular formula is C11H7ClF2N2O4S. The lowest BCUT2D eigenvalue weighted by Gasteiger charge is -2.07. The number of aryl methyl sites for hydroxylation is 1. The van der Waals surface area contributed by atoms with Crippen molar-refractivity contribution >= 4 is 31.3 Å². The third-order valence-electron chi connectivity index (χ3n) is 2.39. The van der Waals surface area contributed by atoms with Crippen molar-refractivity contribution in [3.63, 3.8) is 0 Å². The van der Waals surface area contributed by atoms with Crippen LogP contribution < -0.4 is 5.32 Å². The molecule has 1 heterocycles. The van der Waals surface area contributed by atoms with Crippen LogP contribution in [0.4, 0.5) is 14.5 Å². The first kappa shape index (κ1) is 15.4. The van der Waals surface area contributed by atoms with E-state index in [9.17, 15) is 22.0 Å². The molecule has 0 unspecified atom stereocenters. The van der Waals surface area contributed by atoms with Crippen LogP contribution in [0.3, 0.4) is 0 Å². The molecule has 0 aliphatic heterocycles. The summed E-state index contributed by atoms with van der Waals surface area (Å²) >= 11 is 0. The van der Waals surface area contributed by atoms with Crippen LogP contribution in [0.1, 0.15) is 16.2 Å². The van der Waals surface area contributed by atoms with Gasteiger partial charge in [-0.25, -0.2) is 17.2 Å². The first-order valence-electron chi connectivity index (χ1n) is 5.37. The molecule has 10 heteroatoms. The number of anilines is 1. The largest absolute Gasteiger partial charge is 0.351 e. The highest BCUT2D eigenvalue weighted by molar-refractivity contribution is 8.13. The van der Waals surface area contributed by atoms with E-state index in [4.69, 9.17) is 10.7 Å². The van der Waals surface area contributed by atoms with E-state index in [0.717, 1.165) is 0 Å². The van der Waals surface area contributed by atoms with Gasteiger partial charge >= 0.3 is 0 Å². The summed E-state index contributed by atoms with van der Waals surface area (Å²) in [6, 6.07) is 2.25. The van der Waals surface area contributed by atoms with Crippen molar-refractivity contribution in [3.8, 4) is 0 Å². The Morgan fingerprint density at radius 3 is 2.29 bits per heavy atom. The van der Waals surface area contributed by atoms with Crippen molar-refractivity contribution in [2.24, 2.45) is 0 Å². The number of hydrogen-bond donors (Lipinski definition) is 1. The Balaban J connectivity index is 2.35. The summed E-state index contributed by atoms with van der Waals surface area (Å²) in [5.74, 6) is -3.77. The Labute approximate surface area is 122 Å². The Morgan fingerprint density at radius 2 is 1.86 bits per heavy atom. The minimum absolute atomic E-state index is 0.250. The van der Waals surface area contributed by atoms with E-state index < -0.39 is 37.2 Å². The highest BCUT2D eigenvalue weighted by Gasteiger charge is 2.21. The molecule has 1 aromatic carbocycles. The maximum Gasteiger partial charge on any atom is 0.294 e. The molecule has 0 saturated carbocycles. The monoisotopic (exact) mass is 336 g/mol. The summed E-state index contributed by atoms with van der Waals surface area (Å²) in [4.78, 5) is 10.9. The van der Waals surface area contributed by atoms with Gasteiger partial charge in [0.1, 0.15) is 5.69 Å². The number of benzene rings is 1. The van der Waals surface area contributed by atoms with Gasteiger partial charge in [-0.05, 0) is 19.1 Å². The van der Waals surface area contributed by atoms with Gasteiger partial charge in [-0.2, -0.15) is 0 Å². The average molecular weight is 337 g/mol. The van der Waals surface area contributed by atoms with E-state index in [-0.39, 0.29) is 5.76 Å². The number of aromatic nitrogens is 1. The van der Waals surface area contributed by atoms with Crippen molar-refractivity contribution in [1.29, 1.82) is 0 Å². The molecule has 0 bridgehead atoms. The number of hydrogen-bond acceptors (Lipinski definition) is 5. The fourth-order valence-electron chi connectivity index (χ4n) is 1.46. The molecular weight excluding hydrogens is 330 g/mol. The average Bonchev–Trinajstić information content (AvgIpc) is 2.79. The summed E-state index contributed by atoms with van der Waals surface area (Å²) in [6.07, 6.45) is 0. The van der Waals surface area contributed by atoms with Crippen molar-refractivity contribution in [2.75, 3.05) is 5.32 Å². The zero-order valence-corrected chi connectivity index (χ0v) is 11.9. The minimum Gasteiger partial charge on any atom is -0.351 e. The molecule has 1 N–H and O–H groups in total. The molecule has 0 atom stereocenters. The van der Waals surface area contributed by atoms with E-state index in [0.29, 0.717) is 17.8 Å². The summed E-state index contributed by atoms with van der Waals surface area (Å²) in [5, 5.41) is 5.38. The van der Waals surface area contributed by atoms with E-state index >= 15 is 0 Å². The van der Waals surface area contributed by atoms with Crippen molar-refractivity contribution in [1.82, 2.24) is 5.16 Å². The van der Waals surface area contributed by atoms with Gasteiger partial charge in [0.2, 0.25) is 5.76 Å². The number of rotatable bonds is 3. The van der Waals surface area contributed by atoms with E-state index in [1.807, 2.05) is 5.32 Å². The fraction of sp³-hybridized carbons (Fsp3) is 0.0909. The molecule has 0 saturated heterocycles. The number of carbonyl (C=O) groups is 1. The number of halogens is 3. The number of amides is 1. The smallest absolute Gasteiger partial charge is 0.294 e. The Hall–Kier alpha value is -2.00. The predicted molar refractivity (Wildman–Crippen MR) is 68.6 cm³/mol. The normalized spacial score (nSPS) is 11.4. The predicted octanol–water partition coefficient (Wildman–Crippen LogP) is 2.44. The summed E-state index contributed by atoms with van der Waals surface area (Å²) in [6.45, 7) is 1.56. The molecule has 2 rings (SSSR count). The standard InChI is InChI=1S/C11H7ClF2N2O4S/c1-5-2-9(20-16-5)11(17)15-10-7(13)3-6(4-8(10)14)21(12,18)19/h2-4H,1H3,(H,15,17). The van der Waals surface area contributed by atoms with Crippen LogP contribution in [-0.4, -0.2) is 19.5 Å². The molecule has 0 fully saturated rings. The van der Waals surface area contributed by atoms with Crippen LogP contribution in [0.5, 0.6) is 0 Å². The summed E-state index contributed by atoms with van der Waals surface area (Å²) < 4.78 is 54.1. The third kappa shape index (κ3) is 3.37. The zero-order valence-electron chi connectivity index (χ0n) is 10.4. The van der Waals surface area contributed by atoms with Gasteiger partial charge in [0.25, 0.3) is 15.0 Å². The molecule has 0 spiro atoms. The first-order chi connectivity index (χ1) is 9.68. The minimum atomic E-state index is -4.29. The van der Waals surface area contributed by atoms with Crippen molar-refractivity contribution in [2.45, 2.75) is 11.8 Å². The van der Waals surface area contributed by atoms with Crippen LogP contribution in [0, 0.1) is 18.6 Å². The SMILES string of the molecule is Cc1cc(C(=O)Nc2c(F)cc(S(=O)(=O)Cl)cc2F)on1. The van der Waals surface area contributed by atoms with Crippen LogP contribution >= 0.6 is 10.7 Å². The molecule has 0 aliphatic carbocycles. The second-order valence-corrected chi connectivity index (χ2v) is 6.55. The van der Waals surface area contributed by atoms with Crippen LogP contribution in [0.25, 0.3) is 0 Å². The third-order valence-corrected chi connectivity index (χ3v) is 3.72.